The Bertz CT molecular complexity index is 1050. The summed E-state index contributed by atoms with van der Waals surface area (Å²) in [5.74, 6) is 1.22. The van der Waals surface area contributed by atoms with Crippen LogP contribution in [0.2, 0.25) is 0 Å². The first-order valence-electron chi connectivity index (χ1n) is 9.95. The third kappa shape index (κ3) is 5.31. The standard InChI is InChI=1S/C23H29N5O2/c1-15-5-7-19-18(14-26-20(19)11-15)9-10-25-23(24-3)27-13-17-6-8-22(30-4)21(12-17)28-16(2)29/h5-8,11-12,14,26H,9-10,13H2,1-4H3,(H,28,29)(H2,24,25,27). The van der Waals surface area contributed by atoms with Crippen LogP contribution in [0.25, 0.3) is 10.9 Å². The van der Waals surface area contributed by atoms with Crippen molar-refractivity contribution in [2.24, 2.45) is 4.99 Å². The highest BCUT2D eigenvalue weighted by Gasteiger charge is 2.08. The van der Waals surface area contributed by atoms with E-state index < -0.39 is 0 Å². The Morgan fingerprint density at radius 2 is 2.00 bits per heavy atom. The summed E-state index contributed by atoms with van der Waals surface area (Å²) in [5, 5.41) is 10.7. The molecule has 0 saturated heterocycles. The number of anilines is 1. The number of rotatable bonds is 7. The molecular formula is C23H29N5O2. The number of nitrogens with one attached hydrogen (secondary N) is 4. The number of H-pyrrole nitrogens is 1. The van der Waals surface area contributed by atoms with Gasteiger partial charge in [0, 0.05) is 44.2 Å². The summed E-state index contributed by atoms with van der Waals surface area (Å²) in [7, 11) is 3.33. The number of aromatic nitrogens is 1. The van der Waals surface area contributed by atoms with Gasteiger partial charge in [-0.15, -0.1) is 0 Å². The fraction of sp³-hybridized carbons (Fsp3) is 0.304. The number of aryl methyl sites for hydroxylation is 1. The highest BCUT2D eigenvalue weighted by atomic mass is 16.5. The van der Waals surface area contributed by atoms with Crippen molar-refractivity contribution < 1.29 is 9.53 Å². The predicted octanol–water partition coefficient (Wildman–Crippen LogP) is 3.35. The van der Waals surface area contributed by atoms with Crippen molar-refractivity contribution in [1.29, 1.82) is 0 Å². The maximum absolute atomic E-state index is 11.4. The molecule has 158 valence electrons. The highest BCUT2D eigenvalue weighted by molar-refractivity contribution is 5.90. The maximum atomic E-state index is 11.4. The number of ether oxygens (including phenoxy) is 1. The van der Waals surface area contributed by atoms with E-state index in [1.807, 2.05) is 18.2 Å². The second-order valence-electron chi connectivity index (χ2n) is 7.18. The van der Waals surface area contributed by atoms with Crippen LogP contribution in [-0.4, -0.2) is 37.6 Å². The Morgan fingerprint density at radius 1 is 1.17 bits per heavy atom. The molecule has 1 aromatic heterocycles. The lowest BCUT2D eigenvalue weighted by atomic mass is 10.1. The summed E-state index contributed by atoms with van der Waals surface area (Å²) >= 11 is 0. The number of carbonyl (C=O) groups is 1. The molecule has 0 bridgehead atoms. The van der Waals surface area contributed by atoms with Gasteiger partial charge in [0.15, 0.2) is 5.96 Å². The van der Waals surface area contributed by atoms with Crippen LogP contribution in [0.1, 0.15) is 23.6 Å². The van der Waals surface area contributed by atoms with E-state index in [0.717, 1.165) is 24.5 Å². The lowest BCUT2D eigenvalue weighted by Crippen LogP contribution is -2.37. The van der Waals surface area contributed by atoms with Crippen LogP contribution in [0, 0.1) is 6.92 Å². The van der Waals surface area contributed by atoms with E-state index in [1.165, 1.54) is 29.0 Å². The molecule has 2 aromatic carbocycles. The molecule has 0 radical (unpaired) electrons. The van der Waals surface area contributed by atoms with Gasteiger partial charge < -0.3 is 25.7 Å². The largest absolute Gasteiger partial charge is 0.495 e. The number of fused-ring (bicyclic) bond motifs is 1. The van der Waals surface area contributed by atoms with E-state index in [1.54, 1.807) is 14.2 Å². The van der Waals surface area contributed by atoms with Crippen LogP contribution in [0.5, 0.6) is 5.75 Å². The molecule has 0 saturated carbocycles. The molecule has 0 spiro atoms. The predicted molar refractivity (Wildman–Crippen MR) is 122 cm³/mol. The minimum Gasteiger partial charge on any atom is -0.495 e. The van der Waals surface area contributed by atoms with Gasteiger partial charge in [0.1, 0.15) is 5.75 Å². The third-order valence-electron chi connectivity index (χ3n) is 4.87. The van der Waals surface area contributed by atoms with Crippen LogP contribution in [-0.2, 0) is 17.8 Å². The molecule has 1 amide bonds. The summed E-state index contributed by atoms with van der Waals surface area (Å²) in [5.41, 5.74) is 5.36. The highest BCUT2D eigenvalue weighted by Crippen LogP contribution is 2.25. The molecule has 7 heteroatoms. The fourth-order valence-corrected chi connectivity index (χ4v) is 3.38. The molecule has 3 rings (SSSR count). The molecule has 0 aliphatic carbocycles. The average molecular weight is 408 g/mol. The van der Waals surface area contributed by atoms with Crippen molar-refractivity contribution in [2.45, 2.75) is 26.8 Å². The Balaban J connectivity index is 1.55. The van der Waals surface area contributed by atoms with Crippen LogP contribution in [0.15, 0.2) is 47.6 Å². The average Bonchev–Trinajstić information content (AvgIpc) is 3.12. The second-order valence-corrected chi connectivity index (χ2v) is 7.18. The van der Waals surface area contributed by atoms with Crippen molar-refractivity contribution in [3.63, 3.8) is 0 Å². The second kappa shape index (κ2) is 9.82. The molecule has 3 aromatic rings. The SMILES string of the molecule is CN=C(NCCc1c[nH]c2cc(C)ccc12)NCc1ccc(OC)c(NC(C)=O)c1. The Labute approximate surface area is 176 Å². The van der Waals surface area contributed by atoms with Gasteiger partial charge in [0.25, 0.3) is 0 Å². The van der Waals surface area contributed by atoms with E-state index in [4.69, 9.17) is 4.74 Å². The number of aromatic amines is 1. The summed E-state index contributed by atoms with van der Waals surface area (Å²) in [6.45, 7) is 4.91. The van der Waals surface area contributed by atoms with Crippen molar-refractivity contribution in [3.05, 3.63) is 59.3 Å². The zero-order chi connectivity index (χ0) is 21.5. The van der Waals surface area contributed by atoms with Gasteiger partial charge in [-0.1, -0.05) is 18.2 Å². The van der Waals surface area contributed by atoms with E-state index in [-0.39, 0.29) is 5.91 Å². The normalized spacial score (nSPS) is 11.4. The van der Waals surface area contributed by atoms with Crippen LogP contribution < -0.4 is 20.7 Å². The molecule has 4 N–H and O–H groups in total. The van der Waals surface area contributed by atoms with Crippen LogP contribution in [0.3, 0.4) is 0 Å². The minimum atomic E-state index is -0.136. The van der Waals surface area contributed by atoms with E-state index >= 15 is 0 Å². The van der Waals surface area contributed by atoms with Gasteiger partial charge in [-0.2, -0.15) is 0 Å². The van der Waals surface area contributed by atoms with Crippen molar-refractivity contribution in [2.75, 3.05) is 26.0 Å². The number of hydrogen-bond acceptors (Lipinski definition) is 3. The number of hydrogen-bond donors (Lipinski definition) is 4. The lowest BCUT2D eigenvalue weighted by molar-refractivity contribution is -0.114. The van der Waals surface area contributed by atoms with E-state index in [9.17, 15) is 4.79 Å². The Kier molecular flexibility index (Phi) is 6.95. The van der Waals surface area contributed by atoms with Crippen LogP contribution in [0.4, 0.5) is 5.69 Å². The molecule has 1 heterocycles. The first kappa shape index (κ1) is 21.2. The molecule has 0 aliphatic heterocycles. The van der Waals surface area contributed by atoms with Gasteiger partial charge >= 0.3 is 0 Å². The Morgan fingerprint density at radius 3 is 2.73 bits per heavy atom. The monoisotopic (exact) mass is 407 g/mol. The minimum absolute atomic E-state index is 0.136. The number of nitrogens with zero attached hydrogens (tertiary/aromatic N) is 1. The number of guanidine groups is 1. The summed E-state index contributed by atoms with van der Waals surface area (Å²) < 4.78 is 5.30. The quantitative estimate of drug-likeness (QED) is 0.357. The fourth-order valence-electron chi connectivity index (χ4n) is 3.38. The van der Waals surface area contributed by atoms with Crippen molar-refractivity contribution in [3.8, 4) is 5.75 Å². The Hall–Kier alpha value is -3.48. The van der Waals surface area contributed by atoms with Crippen molar-refractivity contribution in [1.82, 2.24) is 15.6 Å². The summed E-state index contributed by atoms with van der Waals surface area (Å²) in [4.78, 5) is 19.0. The number of benzene rings is 2. The number of carbonyl (C=O) groups excluding carboxylic acids is 1. The molecule has 7 nitrogen and oxygen atoms in total. The lowest BCUT2D eigenvalue weighted by Gasteiger charge is -2.14. The van der Waals surface area contributed by atoms with Gasteiger partial charge in [-0.05, 0) is 48.2 Å². The molecular weight excluding hydrogens is 378 g/mol. The zero-order valence-corrected chi connectivity index (χ0v) is 17.9. The molecule has 0 fully saturated rings. The summed E-state index contributed by atoms with van der Waals surface area (Å²) in [6.07, 6.45) is 2.96. The molecule has 30 heavy (non-hydrogen) atoms. The van der Waals surface area contributed by atoms with Crippen LogP contribution >= 0.6 is 0 Å². The number of amides is 1. The van der Waals surface area contributed by atoms with Gasteiger partial charge in [-0.3, -0.25) is 9.79 Å². The van der Waals surface area contributed by atoms with Gasteiger partial charge in [-0.25, -0.2) is 0 Å². The third-order valence-corrected chi connectivity index (χ3v) is 4.87. The molecule has 0 atom stereocenters. The van der Waals surface area contributed by atoms with Gasteiger partial charge in [0.05, 0.1) is 12.8 Å². The number of methoxy groups -OCH3 is 1. The van der Waals surface area contributed by atoms with E-state index in [0.29, 0.717) is 18.0 Å². The number of aliphatic imine (C=N–C) groups is 1. The topological polar surface area (TPSA) is 90.5 Å². The van der Waals surface area contributed by atoms with Crippen molar-refractivity contribution >= 4 is 28.5 Å². The van der Waals surface area contributed by atoms with E-state index in [2.05, 4.69) is 57.2 Å². The first-order chi connectivity index (χ1) is 14.5. The summed E-state index contributed by atoms with van der Waals surface area (Å²) in [6, 6.07) is 12.2. The first-order valence-corrected chi connectivity index (χ1v) is 9.95. The smallest absolute Gasteiger partial charge is 0.221 e. The molecule has 0 unspecified atom stereocenters. The maximum Gasteiger partial charge on any atom is 0.221 e. The zero-order valence-electron chi connectivity index (χ0n) is 17.9. The van der Waals surface area contributed by atoms with Gasteiger partial charge in [0.2, 0.25) is 5.91 Å². The molecule has 0 aliphatic rings.